The molecule has 80 valence electrons. The van der Waals surface area contributed by atoms with Gasteiger partial charge in [0.05, 0.1) is 0 Å². The van der Waals surface area contributed by atoms with Gasteiger partial charge in [0.1, 0.15) is 0 Å². The summed E-state index contributed by atoms with van der Waals surface area (Å²) in [6.07, 6.45) is 3.35. The molecule has 0 aliphatic carbocycles. The van der Waals surface area contributed by atoms with Gasteiger partial charge in [0.15, 0.2) is 0 Å². The normalized spacial score (nSPS) is 14.5. The van der Waals surface area contributed by atoms with Crippen LogP contribution in [0.5, 0.6) is 0 Å². The molecular weight excluding hydrogens is 164 g/mol. The van der Waals surface area contributed by atoms with Crippen molar-refractivity contribution in [2.24, 2.45) is 11.3 Å². The molecule has 13 heavy (non-hydrogen) atoms. The van der Waals surface area contributed by atoms with Gasteiger partial charge in [0.25, 0.3) is 0 Å². The lowest BCUT2D eigenvalue weighted by Gasteiger charge is -2.29. The summed E-state index contributed by atoms with van der Waals surface area (Å²) in [5, 5.41) is 9.19. The molecule has 0 fully saturated rings. The molecule has 0 rings (SSSR count). The van der Waals surface area contributed by atoms with Gasteiger partial charge >= 0.3 is 0 Å². The second kappa shape index (κ2) is 6.39. The molecule has 0 radical (unpaired) electrons. The van der Waals surface area contributed by atoms with E-state index in [9.17, 15) is 5.11 Å². The number of hydrogen-bond donors (Lipinski definition) is 1. The summed E-state index contributed by atoms with van der Waals surface area (Å²) in [5.74, 6) is 0.421. The largest absolute Gasteiger partial charge is 0.396 e. The molecule has 0 aromatic rings. The van der Waals surface area contributed by atoms with Crippen LogP contribution in [0, 0.1) is 11.3 Å². The minimum Gasteiger partial charge on any atom is -0.396 e. The number of ether oxygens (including phenoxy) is 1. The van der Waals surface area contributed by atoms with Gasteiger partial charge in [-0.1, -0.05) is 27.2 Å². The Hall–Kier alpha value is -0.0800. The van der Waals surface area contributed by atoms with E-state index < -0.39 is 0 Å². The minimum atomic E-state index is 0.224. The Morgan fingerprint density at radius 1 is 1.23 bits per heavy atom. The van der Waals surface area contributed by atoms with Gasteiger partial charge < -0.3 is 9.84 Å². The van der Waals surface area contributed by atoms with Crippen LogP contribution in [-0.2, 0) is 4.74 Å². The van der Waals surface area contributed by atoms with Crippen molar-refractivity contribution in [2.75, 3.05) is 20.3 Å². The quantitative estimate of drug-likeness (QED) is 0.649. The molecule has 0 bridgehead atoms. The molecule has 0 aromatic heterocycles. The van der Waals surface area contributed by atoms with Gasteiger partial charge in [-0.2, -0.15) is 0 Å². The van der Waals surface area contributed by atoms with Crippen LogP contribution in [0.15, 0.2) is 0 Å². The number of methoxy groups -OCH3 is 1. The Kier molecular flexibility index (Phi) is 6.35. The van der Waals surface area contributed by atoms with Crippen molar-refractivity contribution in [2.45, 2.75) is 40.0 Å². The van der Waals surface area contributed by atoms with Crippen LogP contribution in [0.1, 0.15) is 40.0 Å². The fourth-order valence-electron chi connectivity index (χ4n) is 1.44. The van der Waals surface area contributed by atoms with Gasteiger partial charge in [-0.05, 0) is 24.2 Å². The first-order chi connectivity index (χ1) is 6.02. The van der Waals surface area contributed by atoms with E-state index in [0.717, 1.165) is 25.9 Å². The monoisotopic (exact) mass is 188 g/mol. The van der Waals surface area contributed by atoms with Crippen LogP contribution in [0.4, 0.5) is 0 Å². The second-order valence-electron chi connectivity index (χ2n) is 4.73. The summed E-state index contributed by atoms with van der Waals surface area (Å²) in [4.78, 5) is 0. The summed E-state index contributed by atoms with van der Waals surface area (Å²) in [6.45, 7) is 7.69. The highest BCUT2D eigenvalue weighted by molar-refractivity contribution is 4.72. The zero-order chi connectivity index (χ0) is 10.3. The lowest BCUT2D eigenvalue weighted by atomic mass is 9.78. The summed E-state index contributed by atoms with van der Waals surface area (Å²) in [6, 6.07) is 0. The van der Waals surface area contributed by atoms with E-state index in [1.54, 1.807) is 7.11 Å². The third-order valence-corrected chi connectivity index (χ3v) is 2.60. The lowest BCUT2D eigenvalue weighted by Crippen LogP contribution is -2.23. The predicted octanol–water partition coefficient (Wildman–Crippen LogP) is 2.46. The first kappa shape index (κ1) is 12.9. The first-order valence-electron chi connectivity index (χ1n) is 5.12. The van der Waals surface area contributed by atoms with Crippen molar-refractivity contribution >= 4 is 0 Å². The van der Waals surface area contributed by atoms with Gasteiger partial charge in [-0.3, -0.25) is 0 Å². The van der Waals surface area contributed by atoms with Crippen LogP contribution < -0.4 is 0 Å². The molecule has 0 heterocycles. The van der Waals surface area contributed by atoms with E-state index in [1.165, 1.54) is 0 Å². The van der Waals surface area contributed by atoms with Crippen molar-refractivity contribution in [3.8, 4) is 0 Å². The topological polar surface area (TPSA) is 29.5 Å². The molecule has 0 saturated carbocycles. The maximum atomic E-state index is 9.19. The van der Waals surface area contributed by atoms with Gasteiger partial charge in [-0.25, -0.2) is 0 Å². The maximum Gasteiger partial charge on any atom is 0.0464 e. The molecule has 0 aliphatic heterocycles. The van der Waals surface area contributed by atoms with Crippen LogP contribution in [0.3, 0.4) is 0 Å². The lowest BCUT2D eigenvalue weighted by molar-refractivity contribution is 0.116. The molecule has 0 saturated heterocycles. The predicted molar refractivity (Wildman–Crippen MR) is 55.8 cm³/mol. The number of rotatable bonds is 6. The number of aliphatic hydroxyl groups is 1. The summed E-state index contributed by atoms with van der Waals surface area (Å²) in [7, 11) is 1.73. The fraction of sp³-hybridized carbons (Fsp3) is 1.00. The molecule has 2 heteroatoms. The first-order valence-corrected chi connectivity index (χ1v) is 5.12. The van der Waals surface area contributed by atoms with Crippen LogP contribution in [0.25, 0.3) is 0 Å². The van der Waals surface area contributed by atoms with Crippen LogP contribution in [-0.4, -0.2) is 25.4 Å². The molecule has 2 nitrogen and oxygen atoms in total. The van der Waals surface area contributed by atoms with Crippen LogP contribution >= 0.6 is 0 Å². The Bertz CT molecular complexity index is 116. The smallest absolute Gasteiger partial charge is 0.0464 e. The van der Waals surface area contributed by atoms with E-state index in [4.69, 9.17) is 4.74 Å². The Balaban J connectivity index is 3.61. The van der Waals surface area contributed by atoms with Crippen molar-refractivity contribution in [3.05, 3.63) is 0 Å². The Morgan fingerprint density at radius 2 is 1.85 bits per heavy atom. The third-order valence-electron chi connectivity index (χ3n) is 2.60. The highest BCUT2D eigenvalue weighted by Gasteiger charge is 2.22. The Labute approximate surface area is 82.3 Å². The maximum absolute atomic E-state index is 9.19. The van der Waals surface area contributed by atoms with Crippen molar-refractivity contribution < 1.29 is 9.84 Å². The average molecular weight is 188 g/mol. The van der Waals surface area contributed by atoms with Crippen molar-refractivity contribution in [1.29, 1.82) is 0 Å². The number of hydrogen-bond acceptors (Lipinski definition) is 2. The zero-order valence-corrected chi connectivity index (χ0v) is 9.47. The molecule has 0 amide bonds. The molecule has 1 atom stereocenters. The summed E-state index contributed by atoms with van der Waals surface area (Å²) < 4.78 is 4.98. The third kappa shape index (κ3) is 6.05. The van der Waals surface area contributed by atoms with Gasteiger partial charge in [0.2, 0.25) is 0 Å². The SMILES string of the molecule is COCCCCC(CO)C(C)(C)C. The standard InChI is InChI=1S/C11H24O2/c1-11(2,3)10(9-12)7-5-6-8-13-4/h10,12H,5-9H2,1-4H3. The minimum absolute atomic E-state index is 0.224. The van der Waals surface area contributed by atoms with E-state index in [-0.39, 0.29) is 5.41 Å². The highest BCUT2D eigenvalue weighted by Crippen LogP contribution is 2.29. The molecule has 0 aliphatic rings. The molecule has 0 aromatic carbocycles. The van der Waals surface area contributed by atoms with E-state index in [0.29, 0.717) is 12.5 Å². The summed E-state index contributed by atoms with van der Waals surface area (Å²) in [5.41, 5.74) is 0.224. The highest BCUT2D eigenvalue weighted by atomic mass is 16.5. The molecule has 0 spiro atoms. The van der Waals surface area contributed by atoms with Crippen molar-refractivity contribution in [1.82, 2.24) is 0 Å². The van der Waals surface area contributed by atoms with E-state index in [1.807, 2.05) is 0 Å². The fourth-order valence-corrected chi connectivity index (χ4v) is 1.44. The Morgan fingerprint density at radius 3 is 2.23 bits per heavy atom. The van der Waals surface area contributed by atoms with E-state index >= 15 is 0 Å². The zero-order valence-electron chi connectivity index (χ0n) is 9.47. The number of aliphatic hydroxyl groups excluding tert-OH is 1. The van der Waals surface area contributed by atoms with Crippen LogP contribution in [0.2, 0.25) is 0 Å². The number of unbranched alkanes of at least 4 members (excludes halogenated alkanes) is 1. The molecule has 1 unspecified atom stereocenters. The van der Waals surface area contributed by atoms with Crippen molar-refractivity contribution in [3.63, 3.8) is 0 Å². The average Bonchev–Trinajstić information content (AvgIpc) is 2.02. The van der Waals surface area contributed by atoms with Gasteiger partial charge in [-0.15, -0.1) is 0 Å². The molecular formula is C11H24O2. The van der Waals surface area contributed by atoms with E-state index in [2.05, 4.69) is 20.8 Å². The second-order valence-corrected chi connectivity index (χ2v) is 4.73. The summed E-state index contributed by atoms with van der Waals surface area (Å²) >= 11 is 0. The van der Waals surface area contributed by atoms with Gasteiger partial charge in [0, 0.05) is 20.3 Å². The molecule has 1 N–H and O–H groups in total.